The average Bonchev–Trinajstić information content (AvgIpc) is 3.14. The maximum absolute atomic E-state index is 13.2. The van der Waals surface area contributed by atoms with E-state index < -0.39 is 23.8 Å². The van der Waals surface area contributed by atoms with Gasteiger partial charge >= 0.3 is 6.18 Å². The summed E-state index contributed by atoms with van der Waals surface area (Å²) in [5.74, 6) is -0.00964. The second-order valence-corrected chi connectivity index (χ2v) is 7.59. The molecule has 3 rings (SSSR count). The molecular formula is C22H21ClF3N3O2. The fourth-order valence-corrected chi connectivity index (χ4v) is 3.28. The third-order valence-electron chi connectivity index (χ3n) is 4.58. The van der Waals surface area contributed by atoms with Crippen molar-refractivity contribution < 1.29 is 22.7 Å². The van der Waals surface area contributed by atoms with Gasteiger partial charge in [-0.25, -0.2) is 4.68 Å². The summed E-state index contributed by atoms with van der Waals surface area (Å²) in [6.45, 7) is 5.66. The number of aromatic nitrogens is 2. The van der Waals surface area contributed by atoms with Crippen LogP contribution in [0.25, 0.3) is 5.69 Å². The van der Waals surface area contributed by atoms with Gasteiger partial charge in [-0.05, 0) is 44.0 Å². The lowest BCUT2D eigenvalue weighted by atomic mass is 10.1. The lowest BCUT2D eigenvalue weighted by molar-refractivity contribution is -0.141. The average molecular weight is 452 g/mol. The summed E-state index contributed by atoms with van der Waals surface area (Å²) in [4.78, 5) is 12.8. The number of nitrogens with zero attached hydrogens (tertiary/aromatic N) is 2. The zero-order valence-corrected chi connectivity index (χ0v) is 17.9. The normalized spacial score (nSPS) is 12.5. The van der Waals surface area contributed by atoms with Gasteiger partial charge in [0.25, 0.3) is 5.91 Å². The van der Waals surface area contributed by atoms with E-state index >= 15 is 0 Å². The Balaban J connectivity index is 1.82. The molecule has 0 spiro atoms. The summed E-state index contributed by atoms with van der Waals surface area (Å²) in [6, 6.07) is 12.2. The van der Waals surface area contributed by atoms with Gasteiger partial charge in [0, 0.05) is 6.07 Å². The monoisotopic (exact) mass is 451 g/mol. The Labute approximate surface area is 182 Å². The Bertz CT molecular complexity index is 1080. The van der Waals surface area contributed by atoms with Crippen molar-refractivity contribution in [2.24, 2.45) is 0 Å². The van der Waals surface area contributed by atoms with Gasteiger partial charge in [-0.15, -0.1) is 0 Å². The van der Waals surface area contributed by atoms with Gasteiger partial charge in [-0.3, -0.25) is 4.79 Å². The number of hydrogen-bond acceptors (Lipinski definition) is 3. The van der Waals surface area contributed by atoms with E-state index in [1.54, 1.807) is 19.1 Å². The molecule has 0 aliphatic heterocycles. The van der Waals surface area contributed by atoms with Crippen molar-refractivity contribution in [1.29, 1.82) is 0 Å². The number of carbonyl (C=O) groups is 1. The fourth-order valence-electron chi connectivity index (χ4n) is 3.06. The summed E-state index contributed by atoms with van der Waals surface area (Å²) in [5, 5.41) is 6.40. The number of nitrogens with one attached hydrogen (secondary N) is 1. The molecule has 0 aliphatic carbocycles. The minimum absolute atomic E-state index is 0.143. The number of benzene rings is 2. The SMILES string of the molecule is Cc1cccc(C)c1OCC(C)NC(=O)c1cc(C(F)(F)F)nn1-c1ccccc1Cl. The second-order valence-electron chi connectivity index (χ2n) is 7.18. The van der Waals surface area contributed by atoms with Crippen LogP contribution in [-0.4, -0.2) is 28.3 Å². The van der Waals surface area contributed by atoms with E-state index in [9.17, 15) is 18.0 Å². The van der Waals surface area contributed by atoms with Gasteiger partial charge in [0.2, 0.25) is 0 Å². The Kier molecular flexibility index (Phi) is 6.59. The van der Waals surface area contributed by atoms with Crippen molar-refractivity contribution in [2.45, 2.75) is 33.0 Å². The van der Waals surface area contributed by atoms with Gasteiger partial charge in [0.1, 0.15) is 18.1 Å². The van der Waals surface area contributed by atoms with Crippen molar-refractivity contribution in [2.75, 3.05) is 6.61 Å². The van der Waals surface area contributed by atoms with Gasteiger partial charge in [-0.1, -0.05) is 41.9 Å². The standard InChI is InChI=1S/C22H21ClF3N3O2/c1-13-7-6-8-14(2)20(13)31-12-15(3)27-21(30)18-11-19(22(24,25)26)28-29(18)17-10-5-4-9-16(17)23/h4-11,15H,12H2,1-3H3,(H,27,30). The third-order valence-corrected chi connectivity index (χ3v) is 4.90. The zero-order valence-electron chi connectivity index (χ0n) is 17.1. The molecule has 1 heterocycles. The molecule has 0 saturated heterocycles. The number of rotatable bonds is 6. The smallest absolute Gasteiger partial charge is 0.435 e. The number of carbonyl (C=O) groups excluding carboxylic acids is 1. The number of halogens is 4. The molecule has 5 nitrogen and oxygen atoms in total. The molecule has 1 atom stereocenters. The van der Waals surface area contributed by atoms with Crippen LogP contribution in [0.1, 0.15) is 34.2 Å². The Morgan fingerprint density at radius 3 is 2.42 bits per heavy atom. The molecule has 0 bridgehead atoms. The molecule has 0 fully saturated rings. The van der Waals surface area contributed by atoms with Crippen molar-refractivity contribution in [3.05, 3.63) is 76.1 Å². The number of aryl methyl sites for hydroxylation is 2. The summed E-state index contributed by atoms with van der Waals surface area (Å²) in [7, 11) is 0. The van der Waals surface area contributed by atoms with Crippen molar-refractivity contribution in [3.63, 3.8) is 0 Å². The molecule has 1 amide bonds. The summed E-state index contributed by atoms with van der Waals surface area (Å²) in [5.41, 5.74) is 0.607. The molecule has 1 aromatic heterocycles. The summed E-state index contributed by atoms with van der Waals surface area (Å²) < 4.78 is 46.5. The molecule has 2 aromatic carbocycles. The van der Waals surface area contributed by atoms with Crippen LogP contribution in [0.15, 0.2) is 48.5 Å². The molecule has 9 heteroatoms. The number of ether oxygens (including phenoxy) is 1. The zero-order chi connectivity index (χ0) is 22.8. The van der Waals surface area contributed by atoms with Crippen molar-refractivity contribution >= 4 is 17.5 Å². The largest absolute Gasteiger partial charge is 0.491 e. The minimum atomic E-state index is -4.71. The molecule has 0 saturated carbocycles. The molecule has 3 aromatic rings. The van der Waals surface area contributed by atoms with Gasteiger partial charge in [0.05, 0.1) is 16.8 Å². The maximum Gasteiger partial charge on any atom is 0.435 e. The fraction of sp³-hybridized carbons (Fsp3) is 0.273. The van der Waals surface area contributed by atoms with Crippen LogP contribution >= 0.6 is 11.6 Å². The molecule has 164 valence electrons. The topological polar surface area (TPSA) is 56.1 Å². The van der Waals surface area contributed by atoms with Crippen molar-refractivity contribution in [3.8, 4) is 11.4 Å². The van der Waals surface area contributed by atoms with Crippen LogP contribution in [0.4, 0.5) is 13.2 Å². The van der Waals surface area contributed by atoms with Crippen LogP contribution in [0, 0.1) is 13.8 Å². The predicted octanol–water partition coefficient (Wildman–Crippen LogP) is 5.36. The Morgan fingerprint density at radius 2 is 1.81 bits per heavy atom. The number of amides is 1. The van der Waals surface area contributed by atoms with E-state index in [0.717, 1.165) is 15.8 Å². The number of hydrogen-bond donors (Lipinski definition) is 1. The lowest BCUT2D eigenvalue weighted by Gasteiger charge is -2.18. The van der Waals surface area contributed by atoms with Crippen LogP contribution in [0.3, 0.4) is 0 Å². The van der Waals surface area contributed by atoms with Crippen molar-refractivity contribution in [1.82, 2.24) is 15.1 Å². The highest BCUT2D eigenvalue weighted by Crippen LogP contribution is 2.31. The highest BCUT2D eigenvalue weighted by atomic mass is 35.5. The first-order valence-electron chi connectivity index (χ1n) is 9.50. The molecule has 1 unspecified atom stereocenters. The summed E-state index contributed by atoms with van der Waals surface area (Å²) >= 11 is 6.12. The third kappa shape index (κ3) is 5.19. The van der Waals surface area contributed by atoms with Crippen LogP contribution < -0.4 is 10.1 Å². The van der Waals surface area contributed by atoms with Gasteiger partial charge < -0.3 is 10.1 Å². The quantitative estimate of drug-likeness (QED) is 0.549. The lowest BCUT2D eigenvalue weighted by Crippen LogP contribution is -2.37. The molecular weight excluding hydrogens is 431 g/mol. The van der Waals surface area contributed by atoms with E-state index in [0.29, 0.717) is 11.8 Å². The maximum atomic E-state index is 13.2. The first kappa shape index (κ1) is 22.7. The van der Waals surface area contributed by atoms with Gasteiger partial charge in [0.15, 0.2) is 5.69 Å². The van der Waals surface area contributed by atoms with Gasteiger partial charge in [-0.2, -0.15) is 18.3 Å². The van der Waals surface area contributed by atoms with E-state index in [1.165, 1.54) is 12.1 Å². The van der Waals surface area contributed by atoms with Crippen LogP contribution in [0.2, 0.25) is 5.02 Å². The molecule has 31 heavy (non-hydrogen) atoms. The van der Waals surface area contributed by atoms with E-state index in [1.807, 2.05) is 32.0 Å². The first-order valence-corrected chi connectivity index (χ1v) is 9.87. The Hall–Kier alpha value is -3.00. The highest BCUT2D eigenvalue weighted by Gasteiger charge is 2.36. The predicted molar refractivity (Wildman–Crippen MR) is 112 cm³/mol. The minimum Gasteiger partial charge on any atom is -0.491 e. The summed E-state index contributed by atoms with van der Waals surface area (Å²) in [6.07, 6.45) is -4.71. The van der Waals surface area contributed by atoms with E-state index in [2.05, 4.69) is 10.4 Å². The second kappa shape index (κ2) is 9.01. The number of para-hydroxylation sites is 2. The van der Waals surface area contributed by atoms with Crippen LogP contribution in [0.5, 0.6) is 5.75 Å². The molecule has 0 aliphatic rings. The first-order chi connectivity index (χ1) is 14.6. The molecule has 1 N–H and O–H groups in total. The molecule has 0 radical (unpaired) electrons. The Morgan fingerprint density at radius 1 is 1.16 bits per heavy atom. The van der Waals surface area contributed by atoms with E-state index in [4.69, 9.17) is 16.3 Å². The van der Waals surface area contributed by atoms with Crippen LogP contribution in [-0.2, 0) is 6.18 Å². The highest BCUT2D eigenvalue weighted by molar-refractivity contribution is 6.32. The number of alkyl halides is 3. The van der Waals surface area contributed by atoms with E-state index in [-0.39, 0.29) is 23.0 Å².